The number of nitrogens with one attached hydrogen (secondary N) is 2. The van der Waals surface area contributed by atoms with E-state index in [-0.39, 0.29) is 9.79 Å². The van der Waals surface area contributed by atoms with Crippen LogP contribution < -0.4 is 10.6 Å². The van der Waals surface area contributed by atoms with Crippen molar-refractivity contribution in [2.75, 3.05) is 10.6 Å². The summed E-state index contributed by atoms with van der Waals surface area (Å²) in [6.07, 6.45) is 1.42. The average Bonchev–Trinajstić information content (AvgIpc) is 3.02. The largest absolute Gasteiger partial charge is 0.355 e. The number of rotatable bonds is 11. The molecule has 10 heteroatoms. The van der Waals surface area contributed by atoms with E-state index in [1.54, 1.807) is 24.3 Å². The van der Waals surface area contributed by atoms with E-state index in [4.69, 9.17) is 0 Å². The van der Waals surface area contributed by atoms with Crippen molar-refractivity contribution in [3.8, 4) is 0 Å². The molecule has 0 fully saturated rings. The predicted molar refractivity (Wildman–Crippen MR) is 178 cm³/mol. The zero-order chi connectivity index (χ0) is 32.2. The Kier molecular flexibility index (Phi) is 9.40. The third-order valence-electron chi connectivity index (χ3n) is 7.71. The van der Waals surface area contributed by atoms with Gasteiger partial charge in [0, 0.05) is 28.7 Å². The Morgan fingerprint density at radius 1 is 0.578 bits per heavy atom. The van der Waals surface area contributed by atoms with E-state index in [1.165, 1.54) is 23.8 Å². The summed E-state index contributed by atoms with van der Waals surface area (Å²) in [7, 11) is -8.83. The first-order valence-electron chi connectivity index (χ1n) is 14.5. The average molecular weight is 643 g/mol. The van der Waals surface area contributed by atoms with Crippen LogP contribution >= 0.6 is 0 Å². The van der Waals surface area contributed by atoms with E-state index in [1.807, 2.05) is 73.7 Å². The van der Waals surface area contributed by atoms with Crippen molar-refractivity contribution in [1.82, 2.24) is 0 Å². The maximum absolute atomic E-state index is 12.4. The zero-order valence-electron chi connectivity index (χ0n) is 24.8. The van der Waals surface area contributed by atoms with Gasteiger partial charge in [0.15, 0.2) is 0 Å². The van der Waals surface area contributed by atoms with Gasteiger partial charge >= 0.3 is 0 Å². The minimum atomic E-state index is -4.51. The molecule has 0 aromatic heterocycles. The molecule has 1 unspecified atom stereocenters. The molecule has 1 atom stereocenters. The third-order valence-corrected chi connectivity index (χ3v) is 9.48. The summed E-state index contributed by atoms with van der Waals surface area (Å²) in [5, 5.41) is 6.77. The lowest BCUT2D eigenvalue weighted by Gasteiger charge is -2.22. The lowest BCUT2D eigenvalue weighted by molar-refractivity contribution is 0.480. The van der Waals surface area contributed by atoms with Crippen LogP contribution in [0.1, 0.15) is 47.6 Å². The standard InChI is InChI=1S/C35H34N2O6S2/c1-3-24-9-5-7-11-32(24)36-28-17-13-26(14-18-28)35(31-10-6-8-12-34(31)45(41,42)43)27-15-19-29(20-16-27)37-33-22-21-30(44(38,39)40)23-25(33)4-2/h5-23,35-37H,3-4H2,1-2H3,(H,38,39,40)(H,41,42,43). The highest BCUT2D eigenvalue weighted by Gasteiger charge is 2.25. The van der Waals surface area contributed by atoms with Crippen LogP contribution in [-0.4, -0.2) is 25.9 Å². The van der Waals surface area contributed by atoms with Gasteiger partial charge < -0.3 is 10.6 Å². The molecule has 45 heavy (non-hydrogen) atoms. The Balaban J connectivity index is 1.51. The molecule has 0 radical (unpaired) electrons. The van der Waals surface area contributed by atoms with Gasteiger partial charge in [-0.25, -0.2) is 0 Å². The number of hydrogen-bond acceptors (Lipinski definition) is 6. The molecule has 0 amide bonds. The SMILES string of the molecule is CCc1ccccc1Nc1ccc(C(c2ccc(Nc3ccc(S(=O)(=O)O)cc3CC)cc2)c2ccccc2S(=O)(=O)O)cc1. The van der Waals surface area contributed by atoms with Crippen molar-refractivity contribution in [3.05, 3.63) is 143 Å². The van der Waals surface area contributed by atoms with E-state index in [2.05, 4.69) is 23.6 Å². The normalized spacial score (nSPS) is 12.4. The van der Waals surface area contributed by atoms with Crippen LogP contribution in [0.15, 0.2) is 125 Å². The number of para-hydroxylation sites is 1. The van der Waals surface area contributed by atoms with Crippen molar-refractivity contribution in [1.29, 1.82) is 0 Å². The van der Waals surface area contributed by atoms with Gasteiger partial charge in [0.2, 0.25) is 0 Å². The highest BCUT2D eigenvalue weighted by atomic mass is 32.2. The molecule has 0 aliphatic carbocycles. The molecule has 8 nitrogen and oxygen atoms in total. The van der Waals surface area contributed by atoms with Gasteiger partial charge in [-0.1, -0.05) is 74.5 Å². The molecule has 0 aliphatic heterocycles. The Morgan fingerprint density at radius 3 is 1.62 bits per heavy atom. The van der Waals surface area contributed by atoms with Crippen LogP contribution in [-0.2, 0) is 33.1 Å². The van der Waals surface area contributed by atoms with Crippen LogP contribution in [0.25, 0.3) is 0 Å². The first kappa shape index (κ1) is 31.9. The molecule has 0 bridgehead atoms. The van der Waals surface area contributed by atoms with Gasteiger partial charge in [0.05, 0.1) is 9.79 Å². The van der Waals surface area contributed by atoms with Crippen molar-refractivity contribution in [3.63, 3.8) is 0 Å². The van der Waals surface area contributed by atoms with E-state index in [0.717, 1.165) is 34.6 Å². The summed E-state index contributed by atoms with van der Waals surface area (Å²) in [5.41, 5.74) is 7.28. The molecule has 5 aromatic carbocycles. The van der Waals surface area contributed by atoms with Crippen LogP contribution in [0.3, 0.4) is 0 Å². The molecular formula is C35H34N2O6S2. The summed E-state index contributed by atoms with van der Waals surface area (Å²) in [4.78, 5) is -0.334. The van der Waals surface area contributed by atoms with Crippen molar-refractivity contribution >= 4 is 43.0 Å². The van der Waals surface area contributed by atoms with E-state index >= 15 is 0 Å². The quantitative estimate of drug-likeness (QED) is 0.0842. The van der Waals surface area contributed by atoms with E-state index in [0.29, 0.717) is 23.2 Å². The van der Waals surface area contributed by atoms with Crippen LogP contribution in [0.5, 0.6) is 0 Å². The van der Waals surface area contributed by atoms with Crippen LogP contribution in [0, 0.1) is 0 Å². The zero-order valence-corrected chi connectivity index (χ0v) is 26.4. The smallest absolute Gasteiger partial charge is 0.294 e. The molecular weight excluding hydrogens is 609 g/mol. The highest BCUT2D eigenvalue weighted by Crippen LogP contribution is 2.37. The first-order valence-corrected chi connectivity index (χ1v) is 17.3. The van der Waals surface area contributed by atoms with Crippen molar-refractivity contribution in [2.24, 2.45) is 0 Å². The lowest BCUT2D eigenvalue weighted by atomic mass is 9.85. The molecule has 5 aromatic rings. The molecule has 0 saturated heterocycles. The summed E-state index contributed by atoms with van der Waals surface area (Å²) in [6, 6.07) is 34.2. The van der Waals surface area contributed by atoms with Gasteiger partial charge in [-0.2, -0.15) is 16.8 Å². The minimum absolute atomic E-state index is 0.164. The number of hydrogen-bond donors (Lipinski definition) is 4. The molecule has 5 rings (SSSR count). The van der Waals surface area contributed by atoms with Gasteiger partial charge in [-0.05, 0) is 95.3 Å². The maximum Gasteiger partial charge on any atom is 0.294 e. The van der Waals surface area contributed by atoms with Gasteiger partial charge in [-0.15, -0.1) is 0 Å². The second-order valence-electron chi connectivity index (χ2n) is 10.6. The molecule has 4 N–H and O–H groups in total. The lowest BCUT2D eigenvalue weighted by Crippen LogP contribution is -2.10. The molecule has 0 saturated carbocycles. The minimum Gasteiger partial charge on any atom is -0.355 e. The third kappa shape index (κ3) is 7.43. The molecule has 0 heterocycles. The Labute approximate surface area is 264 Å². The van der Waals surface area contributed by atoms with Crippen molar-refractivity contribution in [2.45, 2.75) is 42.4 Å². The second kappa shape index (κ2) is 13.3. The summed E-state index contributed by atoms with van der Waals surface area (Å²) < 4.78 is 67.6. The topological polar surface area (TPSA) is 133 Å². The van der Waals surface area contributed by atoms with Crippen LogP contribution in [0.4, 0.5) is 22.7 Å². The monoisotopic (exact) mass is 642 g/mol. The van der Waals surface area contributed by atoms with E-state index < -0.39 is 26.2 Å². The van der Waals surface area contributed by atoms with Gasteiger partial charge in [0.1, 0.15) is 0 Å². The second-order valence-corrected chi connectivity index (χ2v) is 13.4. The summed E-state index contributed by atoms with van der Waals surface area (Å²) in [5.74, 6) is -0.519. The van der Waals surface area contributed by atoms with Gasteiger partial charge in [0.25, 0.3) is 20.2 Å². The number of anilines is 4. The fourth-order valence-corrected chi connectivity index (χ4v) is 6.70. The van der Waals surface area contributed by atoms with E-state index in [9.17, 15) is 25.9 Å². The molecule has 0 spiro atoms. The Morgan fingerprint density at radius 2 is 1.09 bits per heavy atom. The Hall–Kier alpha value is -4.48. The highest BCUT2D eigenvalue weighted by molar-refractivity contribution is 7.86. The maximum atomic E-state index is 12.4. The predicted octanol–water partition coefficient (Wildman–Crippen LogP) is 7.97. The Bertz CT molecular complexity index is 2030. The number of aryl methyl sites for hydroxylation is 2. The van der Waals surface area contributed by atoms with Gasteiger partial charge in [-0.3, -0.25) is 9.11 Å². The molecule has 0 aliphatic rings. The fraction of sp³-hybridized carbons (Fsp3) is 0.143. The first-order chi connectivity index (χ1) is 21.5. The van der Waals surface area contributed by atoms with Crippen LogP contribution in [0.2, 0.25) is 0 Å². The van der Waals surface area contributed by atoms with Crippen molar-refractivity contribution < 1.29 is 25.9 Å². The summed E-state index contributed by atoms with van der Waals surface area (Å²) in [6.45, 7) is 3.99. The summed E-state index contributed by atoms with van der Waals surface area (Å²) >= 11 is 0. The number of benzene rings is 5. The fourth-order valence-electron chi connectivity index (χ4n) is 5.43. The molecule has 232 valence electrons.